The molecule has 170 valence electrons. The number of amides is 1. The molecule has 0 saturated carbocycles. The van der Waals surface area contributed by atoms with Gasteiger partial charge in [0.15, 0.2) is 5.69 Å². The Morgan fingerprint density at radius 1 is 1.25 bits per heavy atom. The van der Waals surface area contributed by atoms with Gasteiger partial charge in [0.1, 0.15) is 5.82 Å². The van der Waals surface area contributed by atoms with E-state index in [1.165, 1.54) is 39.7 Å². The third-order valence-electron chi connectivity index (χ3n) is 5.38. The standard InChI is InChI=1S/C20H18F4N4O3S/c1-32(30,31)28-10-7-16-14(11-28)18(26-25-16)19(29)27-8-5-12(6-9-27)13-3-2-4-15(21)17(13)20(22,23)24/h2-6,8H,7,9-11H2,1H3,(H,25,26). The van der Waals surface area contributed by atoms with Gasteiger partial charge in [0.2, 0.25) is 10.0 Å². The van der Waals surface area contributed by atoms with Crippen molar-refractivity contribution in [2.45, 2.75) is 19.1 Å². The molecule has 0 radical (unpaired) electrons. The molecule has 0 fully saturated rings. The summed E-state index contributed by atoms with van der Waals surface area (Å²) in [6.07, 6.45) is 0.587. The van der Waals surface area contributed by atoms with Gasteiger partial charge in [-0.1, -0.05) is 18.2 Å². The van der Waals surface area contributed by atoms with Crippen LogP contribution in [-0.2, 0) is 29.2 Å². The number of benzene rings is 1. The minimum absolute atomic E-state index is 0.00260. The van der Waals surface area contributed by atoms with Crippen molar-refractivity contribution in [2.75, 3.05) is 19.3 Å². The third-order valence-corrected chi connectivity index (χ3v) is 6.63. The average molecular weight is 470 g/mol. The molecule has 4 rings (SSSR count). The molecule has 2 aromatic rings. The van der Waals surface area contributed by atoms with Crippen molar-refractivity contribution in [3.8, 4) is 0 Å². The fraction of sp³-hybridized carbons (Fsp3) is 0.300. The Balaban J connectivity index is 1.57. The van der Waals surface area contributed by atoms with Crippen molar-refractivity contribution in [3.63, 3.8) is 0 Å². The van der Waals surface area contributed by atoms with Crippen LogP contribution < -0.4 is 0 Å². The molecule has 12 heteroatoms. The summed E-state index contributed by atoms with van der Waals surface area (Å²) >= 11 is 0. The molecule has 0 aliphatic carbocycles. The Kier molecular flexibility index (Phi) is 5.45. The molecule has 0 spiro atoms. The van der Waals surface area contributed by atoms with Crippen LogP contribution in [0.5, 0.6) is 0 Å². The number of carbonyl (C=O) groups excluding carboxylic acids is 1. The molecule has 2 aliphatic heterocycles. The number of alkyl halides is 3. The Labute approximate surface area is 181 Å². The van der Waals surface area contributed by atoms with E-state index in [0.29, 0.717) is 17.7 Å². The van der Waals surface area contributed by atoms with E-state index in [9.17, 15) is 30.8 Å². The lowest BCUT2D eigenvalue weighted by Crippen LogP contribution is -2.36. The van der Waals surface area contributed by atoms with Gasteiger partial charge in [0.25, 0.3) is 5.91 Å². The zero-order chi connectivity index (χ0) is 23.3. The van der Waals surface area contributed by atoms with E-state index in [1.807, 2.05) is 0 Å². The predicted octanol–water partition coefficient (Wildman–Crippen LogP) is 2.94. The zero-order valence-electron chi connectivity index (χ0n) is 16.8. The van der Waals surface area contributed by atoms with Gasteiger partial charge in [-0.15, -0.1) is 0 Å². The summed E-state index contributed by atoms with van der Waals surface area (Å²) in [4.78, 5) is 14.2. The summed E-state index contributed by atoms with van der Waals surface area (Å²) in [6.45, 7) is 0.213. The molecule has 2 aliphatic rings. The Morgan fingerprint density at radius 2 is 2.00 bits per heavy atom. The lowest BCUT2D eigenvalue weighted by Gasteiger charge is -2.26. The number of nitrogens with zero attached hydrogens (tertiary/aromatic N) is 3. The van der Waals surface area contributed by atoms with E-state index in [1.54, 1.807) is 0 Å². The van der Waals surface area contributed by atoms with E-state index >= 15 is 0 Å². The second-order valence-corrected chi connectivity index (χ2v) is 9.45. The first-order valence-electron chi connectivity index (χ1n) is 9.53. The van der Waals surface area contributed by atoms with Gasteiger partial charge in [0, 0.05) is 43.5 Å². The molecule has 0 saturated heterocycles. The number of hydrogen-bond acceptors (Lipinski definition) is 4. The molecule has 0 atom stereocenters. The van der Waals surface area contributed by atoms with Crippen molar-refractivity contribution >= 4 is 21.5 Å². The van der Waals surface area contributed by atoms with Crippen LogP contribution in [0.1, 0.15) is 32.9 Å². The zero-order valence-corrected chi connectivity index (χ0v) is 17.6. The SMILES string of the molecule is CS(=O)(=O)N1CCc2[nH]nc(C(=O)N3C=CC(c4cccc(F)c4C(F)(F)F)=CC3)c2C1. The van der Waals surface area contributed by atoms with Crippen molar-refractivity contribution in [1.29, 1.82) is 0 Å². The normalized spacial score (nSPS) is 17.3. The number of carbonyl (C=O) groups is 1. The molecule has 0 unspecified atom stereocenters. The highest BCUT2D eigenvalue weighted by molar-refractivity contribution is 7.88. The van der Waals surface area contributed by atoms with Crippen LogP contribution in [0, 0.1) is 5.82 Å². The first-order chi connectivity index (χ1) is 15.0. The largest absolute Gasteiger partial charge is 0.419 e. The molecule has 7 nitrogen and oxygen atoms in total. The lowest BCUT2D eigenvalue weighted by molar-refractivity contribution is -0.140. The quantitative estimate of drug-likeness (QED) is 0.699. The summed E-state index contributed by atoms with van der Waals surface area (Å²) in [6, 6.07) is 3.11. The number of sulfonamides is 1. The molecule has 1 amide bonds. The monoisotopic (exact) mass is 470 g/mol. The third kappa shape index (κ3) is 4.07. The second kappa shape index (κ2) is 7.85. The van der Waals surface area contributed by atoms with E-state index in [0.717, 1.165) is 12.3 Å². The molecular formula is C20H18F4N4O3S. The van der Waals surface area contributed by atoms with Gasteiger partial charge < -0.3 is 4.90 Å². The highest BCUT2D eigenvalue weighted by Gasteiger charge is 2.37. The number of nitrogens with one attached hydrogen (secondary N) is 1. The summed E-state index contributed by atoms with van der Waals surface area (Å²) < 4.78 is 78.8. The Morgan fingerprint density at radius 3 is 2.62 bits per heavy atom. The maximum atomic E-state index is 13.9. The van der Waals surface area contributed by atoms with Crippen LogP contribution >= 0.6 is 0 Å². The fourth-order valence-corrected chi connectivity index (χ4v) is 4.55. The first kappa shape index (κ1) is 22.2. The van der Waals surface area contributed by atoms with E-state index in [4.69, 9.17) is 0 Å². The molecule has 1 aromatic heterocycles. The first-order valence-corrected chi connectivity index (χ1v) is 11.4. The summed E-state index contributed by atoms with van der Waals surface area (Å²) in [5, 5.41) is 6.79. The van der Waals surface area contributed by atoms with E-state index in [2.05, 4.69) is 10.2 Å². The number of fused-ring (bicyclic) bond motifs is 1. The van der Waals surface area contributed by atoms with Crippen LogP contribution in [0.3, 0.4) is 0 Å². The number of aromatic nitrogens is 2. The molecule has 1 aromatic carbocycles. The van der Waals surface area contributed by atoms with E-state index in [-0.39, 0.29) is 36.5 Å². The van der Waals surface area contributed by atoms with Crippen molar-refractivity contribution in [3.05, 3.63) is 70.4 Å². The maximum Gasteiger partial charge on any atom is 0.419 e. The highest BCUT2D eigenvalue weighted by Crippen LogP contribution is 2.38. The molecular weight excluding hydrogens is 452 g/mol. The van der Waals surface area contributed by atoms with Crippen LogP contribution in [0.15, 0.2) is 36.6 Å². The highest BCUT2D eigenvalue weighted by atomic mass is 32.2. The maximum absolute atomic E-state index is 13.9. The van der Waals surface area contributed by atoms with Crippen LogP contribution in [0.25, 0.3) is 5.57 Å². The number of rotatable bonds is 3. The van der Waals surface area contributed by atoms with Crippen LogP contribution in [0.2, 0.25) is 0 Å². The Bertz CT molecular complexity index is 1250. The minimum atomic E-state index is -4.87. The minimum Gasteiger partial charge on any atom is -0.310 e. The van der Waals surface area contributed by atoms with Gasteiger partial charge in [-0.3, -0.25) is 9.89 Å². The summed E-state index contributed by atoms with van der Waals surface area (Å²) in [7, 11) is -3.45. The van der Waals surface area contributed by atoms with Gasteiger partial charge in [-0.05, 0) is 23.3 Å². The molecule has 32 heavy (non-hydrogen) atoms. The average Bonchev–Trinajstić information content (AvgIpc) is 3.15. The van der Waals surface area contributed by atoms with Crippen molar-refractivity contribution in [1.82, 2.24) is 19.4 Å². The molecule has 0 bridgehead atoms. The van der Waals surface area contributed by atoms with Crippen LogP contribution in [-0.4, -0.2) is 53.1 Å². The van der Waals surface area contributed by atoms with Gasteiger partial charge >= 0.3 is 6.18 Å². The van der Waals surface area contributed by atoms with Crippen molar-refractivity contribution < 1.29 is 30.8 Å². The number of H-pyrrole nitrogens is 1. The van der Waals surface area contributed by atoms with Gasteiger partial charge in [-0.2, -0.15) is 22.6 Å². The van der Waals surface area contributed by atoms with Gasteiger partial charge in [0.05, 0.1) is 11.8 Å². The van der Waals surface area contributed by atoms with Crippen molar-refractivity contribution in [2.24, 2.45) is 0 Å². The molecule has 3 heterocycles. The Hall–Kier alpha value is -2.99. The summed E-state index contributed by atoms with van der Waals surface area (Å²) in [5.74, 6) is -1.90. The second-order valence-electron chi connectivity index (χ2n) is 7.47. The topological polar surface area (TPSA) is 86.4 Å². The smallest absolute Gasteiger partial charge is 0.310 e. The van der Waals surface area contributed by atoms with E-state index < -0.39 is 33.5 Å². The lowest BCUT2D eigenvalue weighted by atomic mass is 9.97. The summed E-state index contributed by atoms with van der Waals surface area (Å²) in [5.41, 5.74) is -0.358. The number of allylic oxidation sites excluding steroid dienone is 2. The predicted molar refractivity (Wildman–Crippen MR) is 107 cm³/mol. The number of aromatic amines is 1. The number of hydrogen-bond donors (Lipinski definition) is 1. The number of halogens is 4. The fourth-order valence-electron chi connectivity index (χ4n) is 3.77. The van der Waals surface area contributed by atoms with Gasteiger partial charge in [-0.25, -0.2) is 12.8 Å². The van der Waals surface area contributed by atoms with Crippen LogP contribution in [0.4, 0.5) is 17.6 Å². The molecule has 1 N–H and O–H groups in total.